The van der Waals surface area contributed by atoms with E-state index in [2.05, 4.69) is 9.62 Å². The van der Waals surface area contributed by atoms with Crippen LogP contribution in [-0.2, 0) is 10.0 Å². The van der Waals surface area contributed by atoms with Crippen LogP contribution in [0.15, 0.2) is 23.1 Å². The van der Waals surface area contributed by atoms with Crippen molar-refractivity contribution in [1.29, 1.82) is 0 Å². The topological polar surface area (TPSA) is 58.6 Å². The molecular weight excluding hydrogens is 307 g/mol. The number of methoxy groups -OCH3 is 1. The molecule has 0 saturated carbocycles. The van der Waals surface area contributed by atoms with Crippen molar-refractivity contribution in [2.45, 2.75) is 30.6 Å². The summed E-state index contributed by atoms with van der Waals surface area (Å²) in [6.07, 6.45) is 4.81. The summed E-state index contributed by atoms with van der Waals surface area (Å²) in [7, 11) is -2.35. The summed E-state index contributed by atoms with van der Waals surface area (Å²) >= 11 is 0. The van der Waals surface area contributed by atoms with Gasteiger partial charge in [0.15, 0.2) is 11.6 Å². The summed E-state index contributed by atoms with van der Waals surface area (Å²) in [6, 6.07) is 3.64. The lowest BCUT2D eigenvalue weighted by molar-refractivity contribution is 0.290. The van der Waals surface area contributed by atoms with E-state index in [1.807, 2.05) is 0 Å². The number of hydrogen-bond acceptors (Lipinski definition) is 4. The Morgan fingerprint density at radius 1 is 1.23 bits per heavy atom. The van der Waals surface area contributed by atoms with Crippen molar-refractivity contribution < 1.29 is 17.5 Å². The van der Waals surface area contributed by atoms with Gasteiger partial charge >= 0.3 is 0 Å². The van der Waals surface area contributed by atoms with Crippen molar-refractivity contribution >= 4 is 10.0 Å². The second-order valence-electron chi connectivity index (χ2n) is 5.45. The van der Waals surface area contributed by atoms with Crippen LogP contribution in [0.5, 0.6) is 5.75 Å². The van der Waals surface area contributed by atoms with E-state index in [1.165, 1.54) is 32.1 Å². The molecule has 1 aliphatic heterocycles. The molecule has 0 aromatic heterocycles. The summed E-state index contributed by atoms with van der Waals surface area (Å²) in [6.45, 7) is 3.03. The van der Waals surface area contributed by atoms with E-state index in [-0.39, 0.29) is 10.6 Å². The Morgan fingerprint density at radius 3 is 2.50 bits per heavy atom. The number of likely N-dealkylation sites (tertiary alicyclic amines) is 1. The molecule has 0 amide bonds. The van der Waals surface area contributed by atoms with Gasteiger partial charge in [0.2, 0.25) is 10.0 Å². The zero-order valence-electron chi connectivity index (χ0n) is 12.8. The number of benzene rings is 1. The summed E-state index contributed by atoms with van der Waals surface area (Å²) in [4.78, 5) is 2.19. The molecule has 1 aromatic rings. The molecular formula is C15H23FN2O3S. The van der Waals surface area contributed by atoms with E-state index in [4.69, 9.17) is 4.74 Å². The van der Waals surface area contributed by atoms with E-state index < -0.39 is 15.8 Å². The van der Waals surface area contributed by atoms with Crippen LogP contribution in [0.3, 0.4) is 0 Å². The highest BCUT2D eigenvalue weighted by atomic mass is 32.2. The van der Waals surface area contributed by atoms with Gasteiger partial charge < -0.3 is 9.64 Å². The molecule has 1 saturated heterocycles. The van der Waals surface area contributed by atoms with Crippen LogP contribution in [0.4, 0.5) is 4.39 Å². The van der Waals surface area contributed by atoms with E-state index >= 15 is 0 Å². The van der Waals surface area contributed by atoms with Gasteiger partial charge in [-0.15, -0.1) is 0 Å². The molecule has 5 nitrogen and oxygen atoms in total. The van der Waals surface area contributed by atoms with Crippen molar-refractivity contribution in [2.24, 2.45) is 0 Å². The minimum Gasteiger partial charge on any atom is -0.494 e. The number of rotatable bonds is 6. The predicted octanol–water partition coefficient (Wildman–Crippen LogP) is 1.99. The molecule has 0 bridgehead atoms. The first-order chi connectivity index (χ1) is 10.5. The quantitative estimate of drug-likeness (QED) is 0.867. The molecule has 1 aliphatic rings. The number of ether oxygens (including phenoxy) is 1. The van der Waals surface area contributed by atoms with E-state index in [9.17, 15) is 12.8 Å². The molecule has 7 heteroatoms. The first kappa shape index (κ1) is 17.2. The first-order valence-corrected chi connectivity index (χ1v) is 9.07. The molecule has 1 fully saturated rings. The predicted molar refractivity (Wildman–Crippen MR) is 83.0 cm³/mol. The van der Waals surface area contributed by atoms with Crippen molar-refractivity contribution in [1.82, 2.24) is 9.62 Å². The Morgan fingerprint density at radius 2 is 1.91 bits per heavy atom. The maximum absolute atomic E-state index is 13.6. The van der Waals surface area contributed by atoms with Gasteiger partial charge in [-0.1, -0.05) is 12.8 Å². The number of halogens is 1. The van der Waals surface area contributed by atoms with Crippen LogP contribution >= 0.6 is 0 Å². The maximum atomic E-state index is 13.6. The van der Waals surface area contributed by atoms with Gasteiger partial charge in [0.1, 0.15) is 0 Å². The van der Waals surface area contributed by atoms with Gasteiger partial charge in [-0.05, 0) is 44.1 Å². The summed E-state index contributed by atoms with van der Waals surface area (Å²) in [5.41, 5.74) is 0. The van der Waals surface area contributed by atoms with Crippen LogP contribution in [0.25, 0.3) is 0 Å². The Balaban J connectivity index is 1.91. The Labute approximate surface area is 131 Å². The average Bonchev–Trinajstić information content (AvgIpc) is 2.76. The third-order valence-corrected chi connectivity index (χ3v) is 5.31. The fourth-order valence-electron chi connectivity index (χ4n) is 2.60. The Kier molecular flexibility index (Phi) is 6.16. The van der Waals surface area contributed by atoms with E-state index in [0.717, 1.165) is 32.0 Å². The standard InChI is InChI=1S/C15H23FN2O3S/c1-21-15-7-6-13(12-14(15)16)22(19,20)17-8-11-18-9-4-2-3-5-10-18/h6-7,12,17H,2-5,8-11H2,1H3. The molecule has 1 N–H and O–H groups in total. The number of hydrogen-bond donors (Lipinski definition) is 1. The van der Waals surface area contributed by atoms with Crippen molar-refractivity contribution in [2.75, 3.05) is 33.3 Å². The molecule has 22 heavy (non-hydrogen) atoms. The van der Waals surface area contributed by atoms with Crippen molar-refractivity contribution in [3.05, 3.63) is 24.0 Å². The van der Waals surface area contributed by atoms with Gasteiger partial charge in [0.05, 0.1) is 12.0 Å². The van der Waals surface area contributed by atoms with Gasteiger partial charge in [0.25, 0.3) is 0 Å². The molecule has 0 unspecified atom stereocenters. The maximum Gasteiger partial charge on any atom is 0.240 e. The fourth-order valence-corrected chi connectivity index (χ4v) is 3.63. The lowest BCUT2D eigenvalue weighted by Crippen LogP contribution is -2.35. The van der Waals surface area contributed by atoms with Crippen LogP contribution in [-0.4, -0.2) is 46.6 Å². The molecule has 0 aliphatic carbocycles. The lowest BCUT2D eigenvalue weighted by atomic mass is 10.2. The largest absolute Gasteiger partial charge is 0.494 e. The molecule has 0 atom stereocenters. The average molecular weight is 330 g/mol. The van der Waals surface area contributed by atoms with Crippen molar-refractivity contribution in [3.8, 4) is 5.75 Å². The summed E-state index contributed by atoms with van der Waals surface area (Å²) in [5, 5.41) is 0. The Hall–Kier alpha value is -1.18. The third kappa shape index (κ3) is 4.66. The molecule has 1 heterocycles. The van der Waals surface area contributed by atoms with E-state index in [0.29, 0.717) is 13.1 Å². The van der Waals surface area contributed by atoms with Gasteiger partial charge in [0, 0.05) is 13.1 Å². The van der Waals surface area contributed by atoms with Crippen LogP contribution in [0, 0.1) is 5.82 Å². The molecule has 0 radical (unpaired) electrons. The normalized spacial score (nSPS) is 17.2. The highest BCUT2D eigenvalue weighted by Crippen LogP contribution is 2.20. The molecule has 0 spiro atoms. The lowest BCUT2D eigenvalue weighted by Gasteiger charge is -2.19. The van der Waals surface area contributed by atoms with Gasteiger partial charge in [-0.25, -0.2) is 17.5 Å². The molecule has 124 valence electrons. The smallest absolute Gasteiger partial charge is 0.240 e. The monoisotopic (exact) mass is 330 g/mol. The second kappa shape index (κ2) is 7.89. The first-order valence-electron chi connectivity index (χ1n) is 7.58. The Bertz CT molecular complexity index is 584. The zero-order valence-corrected chi connectivity index (χ0v) is 13.7. The summed E-state index contributed by atoms with van der Waals surface area (Å²) < 4.78 is 45.2. The van der Waals surface area contributed by atoms with Crippen LogP contribution < -0.4 is 9.46 Å². The SMILES string of the molecule is COc1ccc(S(=O)(=O)NCCN2CCCCCC2)cc1F. The summed E-state index contributed by atoms with van der Waals surface area (Å²) in [5.74, 6) is -0.651. The third-order valence-electron chi connectivity index (χ3n) is 3.85. The van der Waals surface area contributed by atoms with E-state index in [1.54, 1.807) is 0 Å². The fraction of sp³-hybridized carbons (Fsp3) is 0.600. The highest BCUT2D eigenvalue weighted by Gasteiger charge is 2.17. The number of sulfonamides is 1. The zero-order chi connectivity index (χ0) is 16.0. The second-order valence-corrected chi connectivity index (χ2v) is 7.22. The van der Waals surface area contributed by atoms with Crippen LogP contribution in [0.1, 0.15) is 25.7 Å². The number of nitrogens with zero attached hydrogens (tertiary/aromatic N) is 1. The molecule has 2 rings (SSSR count). The van der Waals surface area contributed by atoms with Crippen molar-refractivity contribution in [3.63, 3.8) is 0 Å². The van der Waals surface area contributed by atoms with Gasteiger partial charge in [-0.2, -0.15) is 0 Å². The van der Waals surface area contributed by atoms with Gasteiger partial charge in [-0.3, -0.25) is 0 Å². The minimum absolute atomic E-state index is 0.0310. The highest BCUT2D eigenvalue weighted by molar-refractivity contribution is 7.89. The molecule has 1 aromatic carbocycles. The van der Waals surface area contributed by atoms with Crippen LogP contribution in [0.2, 0.25) is 0 Å². The number of nitrogens with one attached hydrogen (secondary N) is 1. The minimum atomic E-state index is -3.69.